The van der Waals surface area contributed by atoms with Crippen molar-refractivity contribution in [2.45, 2.75) is 6.42 Å². The van der Waals surface area contributed by atoms with Crippen LogP contribution in [0.3, 0.4) is 0 Å². The number of carbonyl (C=O) groups is 1. The molecule has 20 heavy (non-hydrogen) atoms. The SMILES string of the molecule is O=C(Cc1cccc(F)c1)c1ccc([N+](=O)[O-])cc1F. The van der Waals surface area contributed by atoms with Crippen molar-refractivity contribution in [2.24, 2.45) is 0 Å². The van der Waals surface area contributed by atoms with Crippen molar-refractivity contribution in [1.29, 1.82) is 0 Å². The highest BCUT2D eigenvalue weighted by Gasteiger charge is 2.16. The molecule has 4 nitrogen and oxygen atoms in total. The summed E-state index contributed by atoms with van der Waals surface area (Å²) in [5, 5.41) is 10.5. The average Bonchev–Trinajstić information content (AvgIpc) is 2.38. The van der Waals surface area contributed by atoms with Gasteiger partial charge in [-0.1, -0.05) is 12.1 Å². The topological polar surface area (TPSA) is 60.2 Å². The lowest BCUT2D eigenvalue weighted by Crippen LogP contribution is -2.07. The summed E-state index contributed by atoms with van der Waals surface area (Å²) in [5.41, 5.74) is -0.266. The number of halogens is 2. The summed E-state index contributed by atoms with van der Waals surface area (Å²) in [6.45, 7) is 0. The number of rotatable bonds is 4. The zero-order valence-corrected chi connectivity index (χ0v) is 10.2. The van der Waals surface area contributed by atoms with Crippen LogP contribution < -0.4 is 0 Å². The highest BCUT2D eigenvalue weighted by Crippen LogP contribution is 2.18. The largest absolute Gasteiger partial charge is 0.294 e. The minimum atomic E-state index is -0.958. The number of carbonyl (C=O) groups excluding carboxylic acids is 1. The van der Waals surface area contributed by atoms with E-state index >= 15 is 0 Å². The second-order valence-corrected chi connectivity index (χ2v) is 4.15. The van der Waals surface area contributed by atoms with Gasteiger partial charge in [-0.2, -0.15) is 0 Å². The van der Waals surface area contributed by atoms with Crippen molar-refractivity contribution >= 4 is 11.5 Å². The monoisotopic (exact) mass is 277 g/mol. The molecule has 0 N–H and O–H groups in total. The molecule has 2 rings (SSSR count). The Kier molecular flexibility index (Phi) is 3.84. The average molecular weight is 277 g/mol. The van der Waals surface area contributed by atoms with Crippen LogP contribution in [0.5, 0.6) is 0 Å². The number of Topliss-reactive ketones (excluding diaryl/α,β-unsaturated/α-hetero) is 1. The molecule has 0 aliphatic heterocycles. The first-order valence-corrected chi connectivity index (χ1v) is 5.69. The van der Waals surface area contributed by atoms with E-state index in [0.717, 1.165) is 12.1 Å². The molecule has 0 radical (unpaired) electrons. The molecule has 102 valence electrons. The van der Waals surface area contributed by atoms with Crippen LogP contribution in [-0.2, 0) is 6.42 Å². The maximum atomic E-state index is 13.6. The van der Waals surface area contributed by atoms with E-state index in [-0.39, 0.29) is 12.0 Å². The molecular weight excluding hydrogens is 268 g/mol. The first kappa shape index (κ1) is 13.8. The number of ketones is 1. The number of nitro benzene ring substituents is 1. The summed E-state index contributed by atoms with van der Waals surface area (Å²) in [7, 11) is 0. The smallest absolute Gasteiger partial charge is 0.272 e. The van der Waals surface area contributed by atoms with Crippen LogP contribution in [0.15, 0.2) is 42.5 Å². The molecule has 0 heterocycles. The number of non-ortho nitro benzene ring substituents is 1. The Morgan fingerprint density at radius 3 is 2.50 bits per heavy atom. The maximum Gasteiger partial charge on any atom is 0.272 e. The van der Waals surface area contributed by atoms with E-state index < -0.39 is 28.0 Å². The Balaban J connectivity index is 2.23. The van der Waals surface area contributed by atoms with Gasteiger partial charge in [0.05, 0.1) is 16.6 Å². The molecule has 2 aromatic rings. The zero-order valence-electron chi connectivity index (χ0n) is 10.2. The zero-order chi connectivity index (χ0) is 14.7. The normalized spacial score (nSPS) is 10.3. The summed E-state index contributed by atoms with van der Waals surface area (Å²) in [4.78, 5) is 21.6. The number of hydrogen-bond donors (Lipinski definition) is 0. The third-order valence-corrected chi connectivity index (χ3v) is 2.72. The minimum Gasteiger partial charge on any atom is -0.294 e. The standard InChI is InChI=1S/C14H9F2NO3/c15-10-3-1-2-9(6-10)7-14(18)12-5-4-11(17(19)20)8-13(12)16/h1-6,8H,7H2. The number of benzene rings is 2. The van der Waals surface area contributed by atoms with E-state index in [1.54, 1.807) is 6.07 Å². The van der Waals surface area contributed by atoms with Crippen molar-refractivity contribution in [1.82, 2.24) is 0 Å². The van der Waals surface area contributed by atoms with Crippen LogP contribution in [0.1, 0.15) is 15.9 Å². The Bertz CT molecular complexity index is 686. The molecule has 0 atom stereocenters. The van der Waals surface area contributed by atoms with E-state index in [4.69, 9.17) is 0 Å². The summed E-state index contributed by atoms with van der Waals surface area (Å²) in [6.07, 6.45) is -0.174. The Hall–Kier alpha value is -2.63. The lowest BCUT2D eigenvalue weighted by Gasteiger charge is -2.03. The number of nitrogens with zero attached hydrogens (tertiary/aromatic N) is 1. The summed E-state index contributed by atoms with van der Waals surface area (Å²) >= 11 is 0. The number of nitro groups is 1. The molecule has 0 saturated heterocycles. The maximum absolute atomic E-state index is 13.6. The first-order valence-electron chi connectivity index (χ1n) is 5.69. The molecular formula is C14H9F2NO3. The Morgan fingerprint density at radius 1 is 1.15 bits per heavy atom. The van der Waals surface area contributed by atoms with Gasteiger partial charge in [-0.25, -0.2) is 8.78 Å². The Labute approximate surface area is 112 Å². The van der Waals surface area contributed by atoms with Crippen LogP contribution in [0.25, 0.3) is 0 Å². The van der Waals surface area contributed by atoms with E-state index in [9.17, 15) is 23.7 Å². The highest BCUT2D eigenvalue weighted by atomic mass is 19.1. The van der Waals surface area contributed by atoms with Crippen LogP contribution in [0, 0.1) is 21.7 Å². The van der Waals surface area contributed by atoms with Crippen LogP contribution in [-0.4, -0.2) is 10.7 Å². The molecule has 0 aliphatic carbocycles. The summed E-state index contributed by atoms with van der Waals surface area (Å²) < 4.78 is 26.6. The van der Waals surface area contributed by atoms with Crippen molar-refractivity contribution in [3.05, 3.63) is 75.3 Å². The number of hydrogen-bond acceptors (Lipinski definition) is 3. The van der Waals surface area contributed by atoms with Gasteiger partial charge < -0.3 is 0 Å². The van der Waals surface area contributed by atoms with Gasteiger partial charge in [0, 0.05) is 12.5 Å². The van der Waals surface area contributed by atoms with Gasteiger partial charge >= 0.3 is 0 Å². The van der Waals surface area contributed by atoms with Crippen LogP contribution in [0.4, 0.5) is 14.5 Å². The molecule has 0 saturated carbocycles. The van der Waals surface area contributed by atoms with E-state index in [1.807, 2.05) is 0 Å². The molecule has 0 aromatic heterocycles. The van der Waals surface area contributed by atoms with Gasteiger partial charge in [-0.05, 0) is 23.8 Å². The summed E-state index contributed by atoms with van der Waals surface area (Å²) in [6, 6.07) is 8.23. The fourth-order valence-corrected chi connectivity index (χ4v) is 1.77. The van der Waals surface area contributed by atoms with Crippen LogP contribution >= 0.6 is 0 Å². The van der Waals surface area contributed by atoms with E-state index in [1.165, 1.54) is 18.2 Å². The third kappa shape index (κ3) is 3.03. The van der Waals surface area contributed by atoms with Gasteiger partial charge in [0.1, 0.15) is 11.6 Å². The van der Waals surface area contributed by atoms with Crippen molar-refractivity contribution < 1.29 is 18.5 Å². The van der Waals surface area contributed by atoms with Crippen molar-refractivity contribution in [2.75, 3.05) is 0 Å². The van der Waals surface area contributed by atoms with Gasteiger partial charge in [0.2, 0.25) is 0 Å². The van der Waals surface area contributed by atoms with Gasteiger partial charge in [0.25, 0.3) is 5.69 Å². The highest BCUT2D eigenvalue weighted by molar-refractivity contribution is 5.97. The van der Waals surface area contributed by atoms with Crippen molar-refractivity contribution in [3.8, 4) is 0 Å². The minimum absolute atomic E-state index is 0.174. The molecule has 0 bridgehead atoms. The molecule has 0 spiro atoms. The van der Waals surface area contributed by atoms with Gasteiger partial charge in [-0.3, -0.25) is 14.9 Å². The molecule has 0 amide bonds. The molecule has 2 aromatic carbocycles. The molecule has 0 aliphatic rings. The fourth-order valence-electron chi connectivity index (χ4n) is 1.77. The van der Waals surface area contributed by atoms with Gasteiger partial charge in [-0.15, -0.1) is 0 Å². The lowest BCUT2D eigenvalue weighted by molar-refractivity contribution is -0.385. The lowest BCUT2D eigenvalue weighted by atomic mass is 10.0. The van der Waals surface area contributed by atoms with Crippen LogP contribution in [0.2, 0.25) is 0 Å². The molecule has 0 unspecified atom stereocenters. The quantitative estimate of drug-likeness (QED) is 0.489. The summed E-state index contributed by atoms with van der Waals surface area (Å²) in [5.74, 6) is -2.01. The fraction of sp³-hybridized carbons (Fsp3) is 0.0714. The first-order chi connectivity index (χ1) is 9.47. The predicted octanol–water partition coefficient (Wildman–Crippen LogP) is 3.30. The van der Waals surface area contributed by atoms with E-state index in [2.05, 4.69) is 0 Å². The molecule has 6 heteroatoms. The predicted molar refractivity (Wildman–Crippen MR) is 67.5 cm³/mol. The second-order valence-electron chi connectivity index (χ2n) is 4.15. The molecule has 0 fully saturated rings. The van der Waals surface area contributed by atoms with Crippen molar-refractivity contribution in [3.63, 3.8) is 0 Å². The van der Waals surface area contributed by atoms with Gasteiger partial charge in [0.15, 0.2) is 5.78 Å². The van der Waals surface area contributed by atoms with E-state index in [0.29, 0.717) is 11.6 Å². The second kappa shape index (κ2) is 5.56. The third-order valence-electron chi connectivity index (χ3n) is 2.72. The Morgan fingerprint density at radius 2 is 1.90 bits per heavy atom.